The van der Waals surface area contributed by atoms with Gasteiger partial charge in [0.15, 0.2) is 0 Å². The zero-order valence-electron chi connectivity index (χ0n) is 16.8. The fourth-order valence-electron chi connectivity index (χ4n) is 3.90. The van der Waals surface area contributed by atoms with Gasteiger partial charge in [-0.15, -0.1) is 0 Å². The SMILES string of the molecule is CCN=C(N)c1cnc(N2CC3CC3C2)nc1NCc1ccc(OC)c(C)c1. The third-order valence-electron chi connectivity index (χ3n) is 5.56. The second-order valence-corrected chi connectivity index (χ2v) is 7.61. The Morgan fingerprint density at radius 2 is 2.14 bits per heavy atom. The monoisotopic (exact) mass is 380 g/mol. The number of rotatable bonds is 7. The Morgan fingerprint density at radius 1 is 1.36 bits per heavy atom. The van der Waals surface area contributed by atoms with E-state index in [0.29, 0.717) is 18.9 Å². The molecule has 1 saturated heterocycles. The average molecular weight is 380 g/mol. The lowest BCUT2D eigenvalue weighted by Crippen LogP contribution is -2.26. The smallest absolute Gasteiger partial charge is 0.227 e. The molecule has 2 aromatic rings. The van der Waals surface area contributed by atoms with E-state index in [2.05, 4.69) is 32.3 Å². The van der Waals surface area contributed by atoms with Crippen LogP contribution in [0.3, 0.4) is 0 Å². The van der Waals surface area contributed by atoms with Crippen molar-refractivity contribution in [2.24, 2.45) is 22.6 Å². The molecule has 2 atom stereocenters. The summed E-state index contributed by atoms with van der Waals surface area (Å²) >= 11 is 0. The van der Waals surface area contributed by atoms with Crippen LogP contribution < -0.4 is 20.7 Å². The quantitative estimate of drug-likeness (QED) is 0.567. The highest BCUT2D eigenvalue weighted by molar-refractivity contribution is 6.01. The van der Waals surface area contributed by atoms with Crippen molar-refractivity contribution < 1.29 is 4.74 Å². The molecule has 0 bridgehead atoms. The Labute approximate surface area is 166 Å². The molecule has 2 heterocycles. The predicted molar refractivity (Wildman–Crippen MR) is 112 cm³/mol. The highest BCUT2D eigenvalue weighted by Gasteiger charge is 2.45. The zero-order chi connectivity index (χ0) is 19.7. The summed E-state index contributed by atoms with van der Waals surface area (Å²) in [4.78, 5) is 16.0. The number of benzene rings is 1. The summed E-state index contributed by atoms with van der Waals surface area (Å²) in [6, 6.07) is 6.16. The fourth-order valence-corrected chi connectivity index (χ4v) is 3.90. The van der Waals surface area contributed by atoms with Crippen molar-refractivity contribution >= 4 is 17.6 Å². The van der Waals surface area contributed by atoms with Crippen LogP contribution in [-0.2, 0) is 6.54 Å². The number of aliphatic imine (C=N–C) groups is 1. The van der Waals surface area contributed by atoms with Gasteiger partial charge >= 0.3 is 0 Å². The summed E-state index contributed by atoms with van der Waals surface area (Å²) in [5.41, 5.74) is 9.18. The second kappa shape index (κ2) is 7.66. The molecule has 2 aliphatic rings. The van der Waals surface area contributed by atoms with Gasteiger partial charge in [0, 0.05) is 32.4 Å². The van der Waals surface area contributed by atoms with Crippen LogP contribution in [0, 0.1) is 18.8 Å². The molecule has 7 nitrogen and oxygen atoms in total. The average Bonchev–Trinajstić information content (AvgIpc) is 3.31. The minimum Gasteiger partial charge on any atom is -0.496 e. The molecule has 1 aromatic carbocycles. The summed E-state index contributed by atoms with van der Waals surface area (Å²) in [5.74, 6) is 4.51. The standard InChI is InChI=1S/C21H28N6O/c1-4-23-19(22)17-10-25-21(27-11-15-8-16(15)12-27)26-20(17)24-9-14-5-6-18(28-3)13(2)7-14/h5-7,10,15-16H,4,8-9,11-12H2,1-3H3,(H2,22,23)(H,24,25,26). The number of methoxy groups -OCH3 is 1. The summed E-state index contributed by atoms with van der Waals surface area (Å²) in [5, 5.41) is 3.44. The number of ether oxygens (including phenoxy) is 1. The molecule has 1 aromatic heterocycles. The first-order valence-electron chi connectivity index (χ1n) is 9.88. The van der Waals surface area contributed by atoms with Crippen LogP contribution in [0.25, 0.3) is 0 Å². The van der Waals surface area contributed by atoms with Crippen LogP contribution in [0.1, 0.15) is 30.0 Å². The molecule has 148 valence electrons. The van der Waals surface area contributed by atoms with E-state index in [4.69, 9.17) is 15.5 Å². The van der Waals surface area contributed by atoms with Gasteiger partial charge < -0.3 is 20.7 Å². The fraction of sp³-hybridized carbons (Fsp3) is 0.476. The Bertz CT molecular complexity index is 886. The molecular formula is C21H28N6O. The molecule has 0 amide bonds. The van der Waals surface area contributed by atoms with Gasteiger partial charge in [-0.3, -0.25) is 4.99 Å². The summed E-state index contributed by atoms with van der Waals surface area (Å²) in [6.07, 6.45) is 3.15. The first-order chi connectivity index (χ1) is 13.6. The molecule has 2 fully saturated rings. The van der Waals surface area contributed by atoms with Crippen molar-refractivity contribution in [2.75, 3.05) is 37.0 Å². The van der Waals surface area contributed by atoms with Crippen molar-refractivity contribution in [3.8, 4) is 5.75 Å². The van der Waals surface area contributed by atoms with Crippen molar-refractivity contribution in [1.29, 1.82) is 0 Å². The molecule has 28 heavy (non-hydrogen) atoms. The number of amidine groups is 1. The lowest BCUT2D eigenvalue weighted by atomic mass is 10.1. The third kappa shape index (κ3) is 3.74. The van der Waals surface area contributed by atoms with E-state index in [1.54, 1.807) is 13.3 Å². The first-order valence-corrected chi connectivity index (χ1v) is 9.88. The number of piperidine rings is 1. The van der Waals surface area contributed by atoms with Gasteiger partial charge in [-0.25, -0.2) is 4.98 Å². The molecule has 3 N–H and O–H groups in total. The van der Waals surface area contributed by atoms with Crippen molar-refractivity contribution in [2.45, 2.75) is 26.8 Å². The molecule has 1 aliphatic carbocycles. The van der Waals surface area contributed by atoms with E-state index in [1.807, 2.05) is 19.9 Å². The van der Waals surface area contributed by atoms with Crippen LogP contribution in [0.4, 0.5) is 11.8 Å². The van der Waals surface area contributed by atoms with E-state index >= 15 is 0 Å². The minimum atomic E-state index is 0.465. The van der Waals surface area contributed by atoms with Crippen LogP contribution in [0.15, 0.2) is 29.4 Å². The number of hydrogen-bond acceptors (Lipinski definition) is 6. The van der Waals surface area contributed by atoms with Gasteiger partial charge in [0.1, 0.15) is 17.4 Å². The van der Waals surface area contributed by atoms with Crippen molar-refractivity contribution in [3.05, 3.63) is 41.1 Å². The van der Waals surface area contributed by atoms with Gasteiger partial charge in [0.2, 0.25) is 5.95 Å². The Balaban J connectivity index is 1.57. The number of aryl methyl sites for hydroxylation is 1. The molecule has 2 unspecified atom stereocenters. The largest absolute Gasteiger partial charge is 0.496 e. The topological polar surface area (TPSA) is 88.7 Å². The number of nitrogens with zero attached hydrogens (tertiary/aromatic N) is 4. The van der Waals surface area contributed by atoms with E-state index in [-0.39, 0.29) is 0 Å². The Kier molecular flexibility index (Phi) is 5.07. The molecule has 0 radical (unpaired) electrons. The Hall–Kier alpha value is -2.83. The van der Waals surface area contributed by atoms with Crippen LogP contribution in [0.2, 0.25) is 0 Å². The first kappa shape index (κ1) is 18.5. The maximum Gasteiger partial charge on any atom is 0.227 e. The van der Waals surface area contributed by atoms with E-state index in [9.17, 15) is 0 Å². The summed E-state index contributed by atoms with van der Waals surface area (Å²) < 4.78 is 5.35. The van der Waals surface area contributed by atoms with Crippen molar-refractivity contribution in [1.82, 2.24) is 9.97 Å². The van der Waals surface area contributed by atoms with Gasteiger partial charge in [-0.05, 0) is 49.3 Å². The minimum absolute atomic E-state index is 0.465. The molecule has 0 spiro atoms. The highest BCUT2D eigenvalue weighted by atomic mass is 16.5. The number of hydrogen-bond donors (Lipinski definition) is 2. The number of nitrogens with two attached hydrogens (primary N) is 1. The van der Waals surface area contributed by atoms with E-state index in [1.165, 1.54) is 6.42 Å². The van der Waals surface area contributed by atoms with E-state index < -0.39 is 0 Å². The number of nitrogens with one attached hydrogen (secondary N) is 1. The van der Waals surface area contributed by atoms with Crippen LogP contribution in [0.5, 0.6) is 5.75 Å². The zero-order valence-corrected chi connectivity index (χ0v) is 16.8. The second-order valence-electron chi connectivity index (χ2n) is 7.61. The lowest BCUT2D eigenvalue weighted by molar-refractivity contribution is 0.411. The molecule has 7 heteroatoms. The Morgan fingerprint density at radius 3 is 2.82 bits per heavy atom. The number of fused-ring (bicyclic) bond motifs is 1. The van der Waals surface area contributed by atoms with Crippen LogP contribution >= 0.6 is 0 Å². The summed E-state index contributed by atoms with van der Waals surface area (Å²) in [7, 11) is 1.69. The van der Waals surface area contributed by atoms with Crippen molar-refractivity contribution in [3.63, 3.8) is 0 Å². The maximum absolute atomic E-state index is 6.17. The predicted octanol–water partition coefficient (Wildman–Crippen LogP) is 2.59. The van der Waals surface area contributed by atoms with Gasteiger partial charge in [-0.1, -0.05) is 12.1 Å². The molecule has 4 rings (SSSR count). The molecule has 1 saturated carbocycles. The van der Waals surface area contributed by atoms with Gasteiger partial charge in [0.25, 0.3) is 0 Å². The normalized spacial score (nSPS) is 20.8. The lowest BCUT2D eigenvalue weighted by Gasteiger charge is -2.20. The summed E-state index contributed by atoms with van der Waals surface area (Å²) in [6.45, 7) is 7.38. The van der Waals surface area contributed by atoms with Gasteiger partial charge in [0.05, 0.1) is 12.7 Å². The number of aromatic nitrogens is 2. The third-order valence-corrected chi connectivity index (χ3v) is 5.56. The van der Waals surface area contributed by atoms with Gasteiger partial charge in [-0.2, -0.15) is 4.98 Å². The molecule has 1 aliphatic heterocycles. The highest BCUT2D eigenvalue weighted by Crippen LogP contribution is 2.45. The van der Waals surface area contributed by atoms with Crippen LogP contribution in [-0.4, -0.2) is 42.5 Å². The van der Waals surface area contributed by atoms with E-state index in [0.717, 1.165) is 59.1 Å². The maximum atomic E-state index is 6.17. The molecular weight excluding hydrogens is 352 g/mol. The number of anilines is 2.